The first-order valence-electron chi connectivity index (χ1n) is 6.11. The van der Waals surface area contributed by atoms with E-state index in [1.807, 2.05) is 12.1 Å². The van der Waals surface area contributed by atoms with E-state index in [-0.39, 0.29) is 6.10 Å². The number of aliphatic hydroxyl groups is 1. The van der Waals surface area contributed by atoms with Crippen molar-refractivity contribution in [3.05, 3.63) is 21.3 Å². The van der Waals surface area contributed by atoms with Crippen LogP contribution < -0.4 is 0 Å². The van der Waals surface area contributed by atoms with Gasteiger partial charge in [0.25, 0.3) is 0 Å². The van der Waals surface area contributed by atoms with Gasteiger partial charge in [0.15, 0.2) is 0 Å². The molecular weight excluding hydrogens is 240 g/mol. The average Bonchev–Trinajstić information content (AvgIpc) is 2.87. The molecule has 0 spiro atoms. The van der Waals surface area contributed by atoms with Gasteiger partial charge in [-0.2, -0.15) is 0 Å². The molecule has 1 nitrogen and oxygen atoms in total. The zero-order valence-electron chi connectivity index (χ0n) is 9.66. The second-order valence-electron chi connectivity index (χ2n) is 4.82. The zero-order chi connectivity index (χ0) is 11.5. The van der Waals surface area contributed by atoms with Crippen LogP contribution in [-0.2, 0) is 6.42 Å². The molecule has 1 N–H and O–H groups in total. The molecule has 1 aliphatic rings. The number of aliphatic hydroxyl groups excluding tert-OH is 1. The van der Waals surface area contributed by atoms with E-state index < -0.39 is 0 Å². The van der Waals surface area contributed by atoms with Gasteiger partial charge in [0.05, 0.1) is 10.4 Å². The number of thiophene rings is 1. The highest BCUT2D eigenvalue weighted by molar-refractivity contribution is 7.16. The summed E-state index contributed by atoms with van der Waals surface area (Å²) in [5.41, 5.74) is 0. The third kappa shape index (κ3) is 2.99. The number of hydrogen-bond donors (Lipinski definition) is 1. The first kappa shape index (κ1) is 12.4. The molecule has 0 saturated heterocycles. The Balaban J connectivity index is 1.86. The molecule has 1 fully saturated rings. The fourth-order valence-electron chi connectivity index (χ4n) is 2.67. The second kappa shape index (κ2) is 5.52. The molecule has 90 valence electrons. The molecule has 1 heterocycles. The van der Waals surface area contributed by atoms with Crippen molar-refractivity contribution >= 4 is 22.9 Å². The molecule has 3 unspecified atom stereocenters. The summed E-state index contributed by atoms with van der Waals surface area (Å²) in [4.78, 5) is 1.21. The number of halogens is 1. The van der Waals surface area contributed by atoms with E-state index in [4.69, 9.17) is 11.6 Å². The van der Waals surface area contributed by atoms with Crippen LogP contribution in [0.25, 0.3) is 0 Å². The van der Waals surface area contributed by atoms with Crippen molar-refractivity contribution in [3.63, 3.8) is 0 Å². The van der Waals surface area contributed by atoms with Gasteiger partial charge in [0.1, 0.15) is 0 Å². The van der Waals surface area contributed by atoms with Crippen molar-refractivity contribution in [2.24, 2.45) is 11.8 Å². The van der Waals surface area contributed by atoms with E-state index >= 15 is 0 Å². The molecule has 1 saturated carbocycles. The summed E-state index contributed by atoms with van der Waals surface area (Å²) >= 11 is 7.47. The molecule has 3 heteroatoms. The maximum Gasteiger partial charge on any atom is 0.0931 e. The molecule has 0 bridgehead atoms. The molecule has 0 radical (unpaired) electrons. The van der Waals surface area contributed by atoms with Gasteiger partial charge in [-0.05, 0) is 36.8 Å². The van der Waals surface area contributed by atoms with Gasteiger partial charge in [0, 0.05) is 11.3 Å². The third-order valence-electron chi connectivity index (χ3n) is 3.74. The van der Waals surface area contributed by atoms with Crippen LogP contribution in [-0.4, -0.2) is 11.2 Å². The van der Waals surface area contributed by atoms with Crippen LogP contribution >= 0.6 is 22.9 Å². The summed E-state index contributed by atoms with van der Waals surface area (Å²) < 4.78 is 0.819. The molecule has 1 aromatic rings. The van der Waals surface area contributed by atoms with Crippen molar-refractivity contribution in [3.8, 4) is 0 Å². The Bertz CT molecular complexity index is 336. The highest BCUT2D eigenvalue weighted by Crippen LogP contribution is 2.36. The van der Waals surface area contributed by atoms with Gasteiger partial charge in [-0.15, -0.1) is 11.3 Å². The highest BCUT2D eigenvalue weighted by Gasteiger charge is 2.29. The summed E-state index contributed by atoms with van der Waals surface area (Å²) in [6.07, 6.45) is 5.55. The Morgan fingerprint density at radius 2 is 2.31 bits per heavy atom. The summed E-state index contributed by atoms with van der Waals surface area (Å²) in [5, 5.41) is 10.2. The van der Waals surface area contributed by atoms with E-state index in [0.717, 1.165) is 16.7 Å². The van der Waals surface area contributed by atoms with Crippen molar-refractivity contribution in [2.45, 2.75) is 45.1 Å². The molecule has 2 rings (SSSR count). The summed E-state index contributed by atoms with van der Waals surface area (Å²) in [6, 6.07) is 3.94. The predicted molar refractivity (Wildman–Crippen MR) is 70.2 cm³/mol. The van der Waals surface area contributed by atoms with Gasteiger partial charge < -0.3 is 5.11 Å². The van der Waals surface area contributed by atoms with E-state index in [0.29, 0.717) is 5.92 Å². The van der Waals surface area contributed by atoms with E-state index in [2.05, 4.69) is 6.92 Å². The van der Waals surface area contributed by atoms with E-state index in [1.54, 1.807) is 11.3 Å². The monoisotopic (exact) mass is 258 g/mol. The third-order valence-corrected chi connectivity index (χ3v) is 5.00. The fourth-order valence-corrected chi connectivity index (χ4v) is 3.81. The van der Waals surface area contributed by atoms with Crippen LogP contribution in [0.4, 0.5) is 0 Å². The van der Waals surface area contributed by atoms with Crippen molar-refractivity contribution < 1.29 is 5.11 Å². The average molecular weight is 259 g/mol. The van der Waals surface area contributed by atoms with Crippen LogP contribution in [0, 0.1) is 11.8 Å². The van der Waals surface area contributed by atoms with Gasteiger partial charge in [-0.25, -0.2) is 0 Å². The molecule has 0 amide bonds. The second-order valence-corrected chi connectivity index (χ2v) is 6.62. The molecule has 0 aliphatic heterocycles. The van der Waals surface area contributed by atoms with E-state index in [1.165, 1.54) is 30.6 Å². The van der Waals surface area contributed by atoms with Crippen LogP contribution in [0.15, 0.2) is 12.1 Å². The van der Waals surface area contributed by atoms with Gasteiger partial charge in [-0.3, -0.25) is 0 Å². The van der Waals surface area contributed by atoms with Crippen LogP contribution in [0.5, 0.6) is 0 Å². The minimum atomic E-state index is -0.175. The lowest BCUT2D eigenvalue weighted by Crippen LogP contribution is -2.20. The minimum Gasteiger partial charge on any atom is -0.392 e. The highest BCUT2D eigenvalue weighted by atomic mass is 35.5. The minimum absolute atomic E-state index is 0.175. The van der Waals surface area contributed by atoms with Crippen molar-refractivity contribution in [2.75, 3.05) is 0 Å². The lowest BCUT2D eigenvalue weighted by molar-refractivity contribution is 0.109. The van der Waals surface area contributed by atoms with Crippen molar-refractivity contribution in [1.29, 1.82) is 0 Å². The molecular formula is C13H19ClOS. The van der Waals surface area contributed by atoms with Gasteiger partial charge in [-0.1, -0.05) is 31.4 Å². The Morgan fingerprint density at radius 1 is 1.50 bits per heavy atom. The predicted octanol–water partition coefficient (Wildman–Crippen LogP) is 4.13. The number of hydrogen-bond acceptors (Lipinski definition) is 2. The standard InChI is InChI=1S/C13H19ClOS/c1-2-9-3-4-10(7-9)12(15)8-11-5-6-13(14)16-11/h5-6,9-10,12,15H,2-4,7-8H2,1H3. The molecule has 3 atom stereocenters. The Kier molecular flexibility index (Phi) is 4.28. The van der Waals surface area contributed by atoms with Crippen LogP contribution in [0.1, 0.15) is 37.5 Å². The van der Waals surface area contributed by atoms with Gasteiger partial charge in [0.2, 0.25) is 0 Å². The normalized spacial score (nSPS) is 27.2. The SMILES string of the molecule is CCC1CCC(C(O)Cc2ccc(Cl)s2)C1. The van der Waals surface area contributed by atoms with E-state index in [9.17, 15) is 5.11 Å². The maximum atomic E-state index is 10.2. The first-order chi connectivity index (χ1) is 7.69. The quantitative estimate of drug-likeness (QED) is 0.861. The van der Waals surface area contributed by atoms with Gasteiger partial charge >= 0.3 is 0 Å². The lowest BCUT2D eigenvalue weighted by atomic mass is 9.95. The maximum absolute atomic E-state index is 10.2. The Hall–Kier alpha value is -0.0500. The van der Waals surface area contributed by atoms with Crippen molar-refractivity contribution in [1.82, 2.24) is 0 Å². The molecule has 1 aromatic heterocycles. The number of rotatable bonds is 4. The Labute approximate surface area is 106 Å². The Morgan fingerprint density at radius 3 is 2.88 bits per heavy atom. The zero-order valence-corrected chi connectivity index (χ0v) is 11.2. The molecule has 16 heavy (non-hydrogen) atoms. The summed E-state index contributed by atoms with van der Waals surface area (Å²) in [7, 11) is 0. The molecule has 0 aromatic carbocycles. The summed E-state index contributed by atoms with van der Waals surface area (Å²) in [6.45, 7) is 2.25. The van der Waals surface area contributed by atoms with Crippen LogP contribution in [0.3, 0.4) is 0 Å². The first-order valence-corrected chi connectivity index (χ1v) is 7.30. The topological polar surface area (TPSA) is 20.2 Å². The fraction of sp³-hybridized carbons (Fsp3) is 0.692. The largest absolute Gasteiger partial charge is 0.392 e. The lowest BCUT2D eigenvalue weighted by Gasteiger charge is -2.17. The smallest absolute Gasteiger partial charge is 0.0931 e. The summed E-state index contributed by atoms with van der Waals surface area (Å²) in [5.74, 6) is 1.34. The molecule has 1 aliphatic carbocycles. The van der Waals surface area contributed by atoms with Crippen LogP contribution in [0.2, 0.25) is 4.34 Å².